The van der Waals surface area contributed by atoms with Crippen molar-refractivity contribution in [3.63, 3.8) is 0 Å². The van der Waals surface area contributed by atoms with E-state index in [-0.39, 0.29) is 27.0 Å². The van der Waals surface area contributed by atoms with Gasteiger partial charge in [0.25, 0.3) is 0 Å². The molecule has 2 aliphatic heterocycles. The van der Waals surface area contributed by atoms with Gasteiger partial charge >= 0.3 is 0 Å². The molecule has 2 heterocycles. The molecule has 4 heteroatoms. The molecule has 1 N–H and O–H groups in total. The van der Waals surface area contributed by atoms with Crippen LogP contribution in [0.3, 0.4) is 0 Å². The highest BCUT2D eigenvalue weighted by molar-refractivity contribution is 7.59. The van der Waals surface area contributed by atoms with E-state index >= 15 is 0 Å². The Morgan fingerprint density at radius 3 is 2.22 bits per heavy atom. The van der Waals surface area contributed by atoms with Gasteiger partial charge < -0.3 is 10.1 Å². The van der Waals surface area contributed by atoms with E-state index in [0.29, 0.717) is 12.1 Å². The smallest absolute Gasteiger partial charge is 0.0716 e. The third-order valence-electron chi connectivity index (χ3n) is 1.71. The summed E-state index contributed by atoms with van der Waals surface area (Å²) in [6.45, 7) is 2.04. The van der Waals surface area contributed by atoms with Crippen LogP contribution in [-0.2, 0) is 4.74 Å². The summed E-state index contributed by atoms with van der Waals surface area (Å²) in [5, 5.41) is 3.33. The van der Waals surface area contributed by atoms with Crippen molar-refractivity contribution in [2.24, 2.45) is 0 Å². The van der Waals surface area contributed by atoms with Crippen LogP contribution in [-0.4, -0.2) is 25.3 Å². The molecular weight excluding hydrogens is 154 g/mol. The van der Waals surface area contributed by atoms with Crippen molar-refractivity contribution in [1.82, 2.24) is 5.32 Å². The van der Waals surface area contributed by atoms with Crippen molar-refractivity contribution in [3.05, 3.63) is 0 Å². The van der Waals surface area contributed by atoms with E-state index in [1.54, 1.807) is 0 Å². The summed E-state index contributed by atoms with van der Waals surface area (Å²) in [5.41, 5.74) is 0. The molecular formula is C5H13NOS2. The lowest BCUT2D eigenvalue weighted by molar-refractivity contribution is 0.0892. The van der Waals surface area contributed by atoms with Crippen molar-refractivity contribution in [2.45, 2.75) is 18.6 Å². The first kappa shape index (κ1) is 9.62. The molecule has 2 bridgehead atoms. The average molecular weight is 167 g/mol. The van der Waals surface area contributed by atoms with E-state index in [1.807, 2.05) is 0 Å². The molecule has 0 saturated carbocycles. The Hall–Kier alpha value is 0.620. The van der Waals surface area contributed by atoms with Gasteiger partial charge in [-0.25, -0.2) is 0 Å². The van der Waals surface area contributed by atoms with Gasteiger partial charge in [0.15, 0.2) is 0 Å². The Labute approximate surface area is 69.2 Å². The minimum Gasteiger partial charge on any atom is -0.375 e. The number of fused-ring (bicyclic) bond motifs is 2. The first-order valence-corrected chi connectivity index (χ1v) is 2.80. The van der Waals surface area contributed by atoms with Gasteiger partial charge in [0.1, 0.15) is 0 Å². The molecule has 0 radical (unpaired) electrons. The van der Waals surface area contributed by atoms with E-state index < -0.39 is 0 Å². The topological polar surface area (TPSA) is 21.3 Å². The van der Waals surface area contributed by atoms with E-state index in [2.05, 4.69) is 5.32 Å². The molecule has 56 valence electrons. The Kier molecular flexibility index (Phi) is 3.96. The highest BCUT2D eigenvalue weighted by Gasteiger charge is 2.31. The fourth-order valence-corrected chi connectivity index (χ4v) is 1.29. The van der Waals surface area contributed by atoms with Crippen molar-refractivity contribution >= 4 is 27.0 Å². The summed E-state index contributed by atoms with van der Waals surface area (Å²) in [4.78, 5) is 0. The predicted molar refractivity (Wildman–Crippen MR) is 46.9 cm³/mol. The molecule has 0 unspecified atom stereocenters. The first-order chi connectivity index (χ1) is 3.45. The van der Waals surface area contributed by atoms with Gasteiger partial charge in [-0.05, 0) is 6.42 Å². The maximum atomic E-state index is 5.29. The molecule has 0 aliphatic carbocycles. The molecule has 2 nitrogen and oxygen atoms in total. The average Bonchev–Trinajstić information content (AvgIpc) is 2.22. The van der Waals surface area contributed by atoms with Crippen LogP contribution in [0.1, 0.15) is 6.42 Å². The molecule has 0 spiro atoms. The Balaban J connectivity index is 0.000000320. The van der Waals surface area contributed by atoms with E-state index in [9.17, 15) is 0 Å². The summed E-state index contributed by atoms with van der Waals surface area (Å²) < 4.78 is 5.29. The first-order valence-electron chi connectivity index (χ1n) is 2.80. The fourth-order valence-electron chi connectivity index (χ4n) is 1.29. The Bertz CT molecular complexity index is 73.0. The summed E-state index contributed by atoms with van der Waals surface area (Å²) >= 11 is 0. The maximum Gasteiger partial charge on any atom is 0.0716 e. The highest BCUT2D eigenvalue weighted by atomic mass is 32.1. The summed E-state index contributed by atoms with van der Waals surface area (Å²) in [6.07, 6.45) is 1.81. The molecule has 2 rings (SSSR count). The van der Waals surface area contributed by atoms with Crippen LogP contribution in [0.5, 0.6) is 0 Å². The minimum absolute atomic E-state index is 0. The van der Waals surface area contributed by atoms with Crippen LogP contribution in [0.4, 0.5) is 0 Å². The quantitative estimate of drug-likeness (QED) is 0.547. The van der Waals surface area contributed by atoms with Gasteiger partial charge in [0.05, 0.1) is 12.7 Å². The maximum absolute atomic E-state index is 5.29. The Morgan fingerprint density at radius 2 is 2.11 bits per heavy atom. The minimum atomic E-state index is 0. The number of morpholine rings is 1. The van der Waals surface area contributed by atoms with E-state index in [1.165, 1.54) is 6.42 Å². The molecule has 0 aromatic rings. The van der Waals surface area contributed by atoms with E-state index in [0.717, 1.165) is 13.2 Å². The SMILES string of the molecule is C1O[C@@H]2CN[C@H]1C2.S.S. The fraction of sp³-hybridized carbons (Fsp3) is 1.00. The molecule has 0 amide bonds. The second-order valence-corrected chi connectivity index (χ2v) is 2.30. The number of hydrogen-bond acceptors (Lipinski definition) is 2. The highest BCUT2D eigenvalue weighted by Crippen LogP contribution is 2.17. The third-order valence-corrected chi connectivity index (χ3v) is 1.71. The largest absolute Gasteiger partial charge is 0.375 e. The van der Waals surface area contributed by atoms with Gasteiger partial charge in [-0.1, -0.05) is 0 Å². The zero-order valence-electron chi connectivity index (χ0n) is 5.18. The monoisotopic (exact) mass is 167 g/mol. The van der Waals surface area contributed by atoms with Crippen LogP contribution >= 0.6 is 27.0 Å². The lowest BCUT2D eigenvalue weighted by atomic mass is 10.3. The predicted octanol–water partition coefficient (Wildman–Crippen LogP) is -0.0273. The standard InChI is InChI=1S/C5H9NO.2H2S/c1-4-3-7-5(1)2-6-4;;/h4-6H,1-3H2;2*1H2/t4-,5-;;/m0../s1. The van der Waals surface area contributed by atoms with Crippen LogP contribution in [0, 0.1) is 0 Å². The van der Waals surface area contributed by atoms with Gasteiger partial charge in [0.2, 0.25) is 0 Å². The zero-order valence-corrected chi connectivity index (χ0v) is 7.18. The van der Waals surface area contributed by atoms with Crippen LogP contribution in [0.2, 0.25) is 0 Å². The molecule has 0 aromatic heterocycles. The Morgan fingerprint density at radius 1 is 1.33 bits per heavy atom. The zero-order chi connectivity index (χ0) is 4.69. The van der Waals surface area contributed by atoms with Gasteiger partial charge in [0, 0.05) is 12.6 Å². The molecule has 2 aliphatic rings. The van der Waals surface area contributed by atoms with Crippen molar-refractivity contribution in [2.75, 3.05) is 13.2 Å². The lowest BCUT2D eigenvalue weighted by Crippen LogP contribution is -2.30. The number of hydrogen-bond donors (Lipinski definition) is 1. The molecule has 2 saturated heterocycles. The van der Waals surface area contributed by atoms with Crippen molar-refractivity contribution < 1.29 is 4.74 Å². The summed E-state index contributed by atoms with van der Waals surface area (Å²) in [5.74, 6) is 0. The van der Waals surface area contributed by atoms with Gasteiger partial charge in [-0.2, -0.15) is 27.0 Å². The van der Waals surface area contributed by atoms with Gasteiger partial charge in [-0.15, -0.1) is 0 Å². The lowest BCUT2D eigenvalue weighted by Gasteiger charge is -2.09. The molecule has 9 heavy (non-hydrogen) atoms. The molecule has 2 fully saturated rings. The van der Waals surface area contributed by atoms with Crippen LogP contribution in [0.15, 0.2) is 0 Å². The van der Waals surface area contributed by atoms with Crippen LogP contribution < -0.4 is 5.32 Å². The van der Waals surface area contributed by atoms with Crippen molar-refractivity contribution in [3.8, 4) is 0 Å². The molecule has 0 aromatic carbocycles. The third kappa shape index (κ3) is 1.77. The summed E-state index contributed by atoms with van der Waals surface area (Å²) in [7, 11) is 0. The van der Waals surface area contributed by atoms with Gasteiger partial charge in [-0.3, -0.25) is 0 Å². The van der Waals surface area contributed by atoms with Crippen LogP contribution in [0.25, 0.3) is 0 Å². The van der Waals surface area contributed by atoms with Crippen molar-refractivity contribution in [1.29, 1.82) is 0 Å². The number of ether oxygens (including phenoxy) is 1. The number of rotatable bonds is 0. The number of nitrogens with one attached hydrogen (secondary N) is 1. The second-order valence-electron chi connectivity index (χ2n) is 2.30. The molecule has 2 atom stereocenters. The summed E-state index contributed by atoms with van der Waals surface area (Å²) in [6, 6.07) is 0.699. The van der Waals surface area contributed by atoms with E-state index in [4.69, 9.17) is 4.74 Å². The second kappa shape index (κ2) is 3.71. The normalized spacial score (nSPS) is 37.3.